The SMILES string of the molecule is CNC(=O)CCC=O.O=C(O)OCC1c2ccccc2-c2ccccc21. The van der Waals surface area contributed by atoms with Crippen LogP contribution >= 0.6 is 0 Å². The predicted octanol–water partition coefficient (Wildman–Crippen LogP) is 3.21. The van der Waals surface area contributed by atoms with E-state index in [0.29, 0.717) is 12.8 Å². The summed E-state index contributed by atoms with van der Waals surface area (Å²) in [6, 6.07) is 16.1. The van der Waals surface area contributed by atoms with Crippen molar-refractivity contribution < 1.29 is 24.2 Å². The maximum atomic E-state index is 10.6. The quantitative estimate of drug-likeness (QED) is 0.635. The largest absolute Gasteiger partial charge is 0.505 e. The van der Waals surface area contributed by atoms with Gasteiger partial charge in [-0.3, -0.25) is 4.79 Å². The Balaban J connectivity index is 0.000000260. The van der Waals surface area contributed by atoms with Gasteiger partial charge in [-0.15, -0.1) is 0 Å². The van der Waals surface area contributed by atoms with Gasteiger partial charge in [-0.05, 0) is 22.3 Å². The summed E-state index contributed by atoms with van der Waals surface area (Å²) >= 11 is 0. The molecule has 0 spiro atoms. The lowest BCUT2D eigenvalue weighted by Gasteiger charge is -2.12. The number of carbonyl (C=O) groups excluding carboxylic acids is 2. The van der Waals surface area contributed by atoms with Crippen LogP contribution in [0.2, 0.25) is 0 Å². The van der Waals surface area contributed by atoms with Crippen LogP contribution in [0.3, 0.4) is 0 Å². The highest BCUT2D eigenvalue weighted by Gasteiger charge is 2.28. The molecule has 1 aliphatic carbocycles. The average molecular weight is 355 g/mol. The Labute approximate surface area is 151 Å². The van der Waals surface area contributed by atoms with Crippen LogP contribution in [0.4, 0.5) is 4.79 Å². The molecule has 3 rings (SSSR count). The Kier molecular flexibility index (Phi) is 6.91. The summed E-state index contributed by atoms with van der Waals surface area (Å²) < 4.78 is 4.76. The van der Waals surface area contributed by atoms with Crippen LogP contribution < -0.4 is 5.32 Å². The number of carbonyl (C=O) groups is 3. The number of amides is 1. The third-order valence-corrected chi connectivity index (χ3v) is 4.10. The zero-order chi connectivity index (χ0) is 18.9. The first kappa shape index (κ1) is 19.2. The van der Waals surface area contributed by atoms with Crippen LogP contribution in [0.5, 0.6) is 0 Å². The van der Waals surface area contributed by atoms with Crippen molar-refractivity contribution in [1.82, 2.24) is 5.32 Å². The summed E-state index contributed by atoms with van der Waals surface area (Å²) in [6.07, 6.45) is 0.131. The van der Waals surface area contributed by atoms with Gasteiger partial charge in [0.1, 0.15) is 12.9 Å². The minimum absolute atomic E-state index is 0.00787. The minimum Gasteiger partial charge on any atom is -0.450 e. The maximum Gasteiger partial charge on any atom is 0.505 e. The van der Waals surface area contributed by atoms with Gasteiger partial charge in [-0.2, -0.15) is 0 Å². The lowest BCUT2D eigenvalue weighted by atomic mass is 9.98. The fourth-order valence-electron chi connectivity index (χ4n) is 2.91. The highest BCUT2D eigenvalue weighted by molar-refractivity contribution is 5.79. The number of hydrogen-bond donors (Lipinski definition) is 2. The van der Waals surface area contributed by atoms with E-state index in [2.05, 4.69) is 17.4 Å². The molecule has 0 atom stereocenters. The Morgan fingerprint density at radius 2 is 1.62 bits per heavy atom. The van der Waals surface area contributed by atoms with Crippen LogP contribution in [0.15, 0.2) is 48.5 Å². The van der Waals surface area contributed by atoms with Crippen LogP contribution in [0.1, 0.15) is 29.9 Å². The molecule has 2 aromatic rings. The Morgan fingerprint density at radius 3 is 2.08 bits per heavy atom. The van der Waals surface area contributed by atoms with E-state index in [1.165, 1.54) is 11.1 Å². The number of ether oxygens (including phenoxy) is 1. The van der Waals surface area contributed by atoms with Crippen molar-refractivity contribution in [3.05, 3.63) is 59.7 Å². The molecular weight excluding hydrogens is 334 g/mol. The number of aldehydes is 1. The summed E-state index contributed by atoms with van der Waals surface area (Å²) in [7, 11) is 1.55. The number of hydrogen-bond acceptors (Lipinski definition) is 4. The second-order valence-corrected chi connectivity index (χ2v) is 5.68. The van der Waals surface area contributed by atoms with E-state index in [1.54, 1.807) is 7.05 Å². The van der Waals surface area contributed by atoms with Crippen molar-refractivity contribution in [1.29, 1.82) is 0 Å². The standard InChI is InChI=1S/C15H12O3.C5H9NO2/c16-15(17)18-9-14-12-7-3-1-5-10(12)11-6-2-4-8-13(11)14;1-6-5(8)3-2-4-7/h1-8,14H,9H2,(H,16,17);4H,2-3H2,1H3,(H,6,8). The molecule has 0 heterocycles. The molecule has 0 aromatic heterocycles. The number of nitrogens with one attached hydrogen (secondary N) is 1. The summed E-state index contributed by atoms with van der Waals surface area (Å²) in [5, 5.41) is 11.0. The highest BCUT2D eigenvalue weighted by atomic mass is 16.7. The van der Waals surface area contributed by atoms with Crippen LogP contribution in [0, 0.1) is 0 Å². The van der Waals surface area contributed by atoms with Crippen molar-refractivity contribution in [2.24, 2.45) is 0 Å². The average Bonchev–Trinajstić information content (AvgIpc) is 2.99. The number of carboxylic acid groups (broad SMARTS) is 1. The van der Waals surface area contributed by atoms with Gasteiger partial charge in [0, 0.05) is 25.8 Å². The zero-order valence-corrected chi connectivity index (χ0v) is 14.5. The molecule has 136 valence electrons. The van der Waals surface area contributed by atoms with E-state index >= 15 is 0 Å². The molecule has 6 heteroatoms. The third-order valence-electron chi connectivity index (χ3n) is 4.10. The van der Waals surface area contributed by atoms with Gasteiger partial charge in [-0.1, -0.05) is 48.5 Å². The summed E-state index contributed by atoms with van der Waals surface area (Å²) in [5.41, 5.74) is 4.62. The van der Waals surface area contributed by atoms with Gasteiger partial charge < -0.3 is 20.0 Å². The number of rotatable bonds is 5. The van der Waals surface area contributed by atoms with E-state index < -0.39 is 6.16 Å². The molecule has 6 nitrogen and oxygen atoms in total. The van der Waals surface area contributed by atoms with Crippen LogP contribution in [0.25, 0.3) is 11.1 Å². The van der Waals surface area contributed by atoms with Crippen molar-refractivity contribution in [2.45, 2.75) is 18.8 Å². The molecule has 2 N–H and O–H groups in total. The van der Waals surface area contributed by atoms with Crippen molar-refractivity contribution in [3.63, 3.8) is 0 Å². The number of benzene rings is 2. The van der Waals surface area contributed by atoms with Crippen LogP contribution in [-0.2, 0) is 14.3 Å². The second-order valence-electron chi connectivity index (χ2n) is 5.68. The van der Waals surface area contributed by atoms with Gasteiger partial charge in [0.25, 0.3) is 0 Å². The topological polar surface area (TPSA) is 92.7 Å². The molecule has 0 unspecified atom stereocenters. The molecule has 1 amide bonds. The monoisotopic (exact) mass is 355 g/mol. The van der Waals surface area contributed by atoms with E-state index in [4.69, 9.17) is 9.84 Å². The van der Waals surface area contributed by atoms with Gasteiger partial charge in [0.05, 0.1) is 0 Å². The third kappa shape index (κ3) is 4.69. The van der Waals surface area contributed by atoms with E-state index in [-0.39, 0.29) is 18.4 Å². The molecule has 2 aromatic carbocycles. The fourth-order valence-corrected chi connectivity index (χ4v) is 2.91. The molecular formula is C20H21NO5. The van der Waals surface area contributed by atoms with E-state index in [9.17, 15) is 14.4 Å². The van der Waals surface area contributed by atoms with Crippen LogP contribution in [-0.4, -0.2) is 37.1 Å². The smallest absolute Gasteiger partial charge is 0.450 e. The summed E-state index contributed by atoms with van der Waals surface area (Å²) in [6.45, 7) is 0.170. The van der Waals surface area contributed by atoms with Gasteiger partial charge in [0.15, 0.2) is 0 Å². The molecule has 0 radical (unpaired) electrons. The zero-order valence-electron chi connectivity index (χ0n) is 14.5. The van der Waals surface area contributed by atoms with Gasteiger partial charge >= 0.3 is 6.16 Å². The summed E-state index contributed by atoms with van der Waals surface area (Å²) in [4.78, 5) is 30.5. The van der Waals surface area contributed by atoms with E-state index in [1.807, 2.05) is 36.4 Å². The Hall–Kier alpha value is -3.15. The molecule has 0 saturated heterocycles. The van der Waals surface area contributed by atoms with Crippen molar-refractivity contribution in [3.8, 4) is 11.1 Å². The Morgan fingerprint density at radius 1 is 1.08 bits per heavy atom. The highest BCUT2D eigenvalue weighted by Crippen LogP contribution is 2.44. The lowest BCUT2D eigenvalue weighted by molar-refractivity contribution is -0.122. The lowest BCUT2D eigenvalue weighted by Crippen LogP contribution is -2.16. The fraction of sp³-hybridized carbons (Fsp3) is 0.250. The first-order chi connectivity index (χ1) is 12.6. The molecule has 0 saturated carbocycles. The van der Waals surface area contributed by atoms with Gasteiger partial charge in [0.2, 0.25) is 5.91 Å². The maximum absolute atomic E-state index is 10.6. The first-order valence-corrected chi connectivity index (χ1v) is 8.26. The first-order valence-electron chi connectivity index (χ1n) is 8.26. The molecule has 0 aliphatic heterocycles. The number of fused-ring (bicyclic) bond motifs is 3. The van der Waals surface area contributed by atoms with Crippen molar-refractivity contribution >= 4 is 18.3 Å². The molecule has 0 bridgehead atoms. The molecule has 1 aliphatic rings. The molecule has 0 fully saturated rings. The second kappa shape index (κ2) is 9.36. The Bertz CT molecular complexity index is 742. The van der Waals surface area contributed by atoms with E-state index in [0.717, 1.165) is 17.4 Å². The summed E-state index contributed by atoms with van der Waals surface area (Å²) in [5.74, 6) is -0.0781. The van der Waals surface area contributed by atoms with Crippen molar-refractivity contribution in [2.75, 3.05) is 13.7 Å². The normalized spacial score (nSPS) is 11.4. The molecule has 26 heavy (non-hydrogen) atoms. The minimum atomic E-state index is -1.23. The van der Waals surface area contributed by atoms with Gasteiger partial charge in [-0.25, -0.2) is 4.79 Å². The predicted molar refractivity (Wildman–Crippen MR) is 97.1 cm³/mol.